The average Bonchev–Trinajstić information content (AvgIpc) is 3.00. The molecule has 1 aliphatic carbocycles. The Morgan fingerprint density at radius 3 is 3.00 bits per heavy atom. The average molecular weight is 335 g/mol. The Hall–Kier alpha value is -2.76. The van der Waals surface area contributed by atoms with Gasteiger partial charge in [-0.1, -0.05) is 38.1 Å². The molecule has 25 heavy (non-hydrogen) atoms. The molecule has 1 N–H and O–H groups in total. The minimum atomic E-state index is -0.0598. The van der Waals surface area contributed by atoms with E-state index in [4.69, 9.17) is 0 Å². The van der Waals surface area contributed by atoms with E-state index in [1.54, 1.807) is 23.0 Å². The Morgan fingerprint density at radius 1 is 1.32 bits per heavy atom. The monoisotopic (exact) mass is 335 g/mol. The third kappa shape index (κ3) is 2.99. The van der Waals surface area contributed by atoms with E-state index in [2.05, 4.69) is 52.4 Å². The zero-order valence-corrected chi connectivity index (χ0v) is 14.4. The van der Waals surface area contributed by atoms with Gasteiger partial charge in [-0.15, -0.1) is 5.10 Å². The van der Waals surface area contributed by atoms with Crippen LogP contribution in [0.1, 0.15) is 49.7 Å². The summed E-state index contributed by atoms with van der Waals surface area (Å²) in [6.07, 6.45) is 5.58. The number of hydrogen-bond acceptors (Lipinski definition) is 4. The molecule has 0 bridgehead atoms. The van der Waals surface area contributed by atoms with E-state index >= 15 is 0 Å². The van der Waals surface area contributed by atoms with Crippen molar-refractivity contribution in [2.24, 2.45) is 0 Å². The van der Waals surface area contributed by atoms with Crippen LogP contribution < -0.4 is 5.32 Å². The van der Waals surface area contributed by atoms with Gasteiger partial charge in [0.15, 0.2) is 5.82 Å². The van der Waals surface area contributed by atoms with Gasteiger partial charge in [-0.05, 0) is 35.4 Å². The van der Waals surface area contributed by atoms with Gasteiger partial charge in [0.25, 0.3) is 5.78 Å². The van der Waals surface area contributed by atoms with Gasteiger partial charge in [0.2, 0.25) is 5.91 Å². The zero-order chi connectivity index (χ0) is 17.4. The van der Waals surface area contributed by atoms with Crippen molar-refractivity contribution in [2.45, 2.75) is 44.6 Å². The van der Waals surface area contributed by atoms with Gasteiger partial charge in [-0.3, -0.25) is 4.79 Å². The molecule has 0 aliphatic heterocycles. The van der Waals surface area contributed by atoms with Crippen LogP contribution in [0.4, 0.5) is 0 Å². The van der Waals surface area contributed by atoms with E-state index in [1.165, 1.54) is 11.1 Å². The quantitative estimate of drug-likeness (QED) is 0.798. The summed E-state index contributed by atoms with van der Waals surface area (Å²) in [6, 6.07) is 10.2. The van der Waals surface area contributed by atoms with Gasteiger partial charge >= 0.3 is 0 Å². The summed E-state index contributed by atoms with van der Waals surface area (Å²) in [5, 5.41) is 7.45. The predicted octanol–water partition coefficient (Wildman–Crippen LogP) is 2.60. The van der Waals surface area contributed by atoms with Gasteiger partial charge < -0.3 is 5.32 Å². The molecule has 0 saturated heterocycles. The van der Waals surface area contributed by atoms with E-state index in [0.29, 0.717) is 11.6 Å². The van der Waals surface area contributed by atoms with Crippen molar-refractivity contribution < 1.29 is 4.79 Å². The lowest BCUT2D eigenvalue weighted by Gasteiger charge is -2.37. The molecule has 3 aromatic rings. The van der Waals surface area contributed by atoms with Crippen LogP contribution in [-0.4, -0.2) is 25.5 Å². The van der Waals surface area contributed by atoms with E-state index in [1.807, 2.05) is 6.07 Å². The summed E-state index contributed by atoms with van der Waals surface area (Å²) in [4.78, 5) is 20.9. The van der Waals surface area contributed by atoms with E-state index < -0.39 is 0 Å². The van der Waals surface area contributed by atoms with Gasteiger partial charge in [-0.25, -0.2) is 9.50 Å². The van der Waals surface area contributed by atoms with E-state index in [9.17, 15) is 4.79 Å². The lowest BCUT2D eigenvalue weighted by Crippen LogP contribution is -2.36. The first-order chi connectivity index (χ1) is 12.0. The van der Waals surface area contributed by atoms with Crippen LogP contribution in [-0.2, 0) is 16.6 Å². The molecule has 6 heteroatoms. The Kier molecular flexibility index (Phi) is 3.75. The second-order valence-corrected chi connectivity index (χ2v) is 7.20. The number of hydrogen-bond donors (Lipinski definition) is 1. The normalized spacial score (nSPS) is 18.7. The Balaban J connectivity index is 1.51. The maximum Gasteiger partial charge on any atom is 0.252 e. The summed E-state index contributed by atoms with van der Waals surface area (Å²) in [7, 11) is 0. The van der Waals surface area contributed by atoms with Gasteiger partial charge in [0, 0.05) is 12.4 Å². The van der Waals surface area contributed by atoms with Crippen LogP contribution in [0.2, 0.25) is 0 Å². The van der Waals surface area contributed by atoms with Gasteiger partial charge in [0.1, 0.15) is 0 Å². The highest BCUT2D eigenvalue weighted by molar-refractivity contribution is 5.78. The topological polar surface area (TPSA) is 72.2 Å². The molecule has 1 aliphatic rings. The molecular weight excluding hydrogens is 314 g/mol. The lowest BCUT2D eigenvalue weighted by atomic mass is 9.71. The van der Waals surface area contributed by atoms with Crippen molar-refractivity contribution in [3.8, 4) is 0 Å². The summed E-state index contributed by atoms with van der Waals surface area (Å²) < 4.78 is 1.58. The second kappa shape index (κ2) is 5.95. The van der Waals surface area contributed by atoms with Crippen molar-refractivity contribution in [1.29, 1.82) is 0 Å². The summed E-state index contributed by atoms with van der Waals surface area (Å²) in [6.45, 7) is 4.52. The molecule has 1 unspecified atom stereocenters. The first-order valence-corrected chi connectivity index (χ1v) is 8.58. The molecule has 128 valence electrons. The number of aromatic nitrogens is 4. The minimum Gasteiger partial charge on any atom is -0.349 e. The Morgan fingerprint density at radius 2 is 2.16 bits per heavy atom. The molecule has 2 heterocycles. The first kappa shape index (κ1) is 15.7. The predicted molar refractivity (Wildman–Crippen MR) is 94.1 cm³/mol. The minimum absolute atomic E-state index is 0.0480. The Labute approximate surface area is 146 Å². The zero-order valence-electron chi connectivity index (χ0n) is 14.4. The van der Waals surface area contributed by atoms with Crippen LogP contribution in [0, 0.1) is 0 Å². The maximum absolute atomic E-state index is 12.5. The molecule has 0 spiro atoms. The van der Waals surface area contributed by atoms with Crippen molar-refractivity contribution >= 4 is 11.7 Å². The molecular formula is C19H21N5O. The number of fused-ring (bicyclic) bond motifs is 2. The van der Waals surface area contributed by atoms with Gasteiger partial charge in [0.05, 0.1) is 12.5 Å². The van der Waals surface area contributed by atoms with Crippen LogP contribution in [0.25, 0.3) is 5.78 Å². The molecule has 4 rings (SSSR count). The maximum atomic E-state index is 12.5. The van der Waals surface area contributed by atoms with Crippen molar-refractivity contribution in [3.05, 3.63) is 59.7 Å². The lowest BCUT2D eigenvalue weighted by molar-refractivity contribution is -0.121. The highest BCUT2D eigenvalue weighted by atomic mass is 16.1. The second-order valence-electron chi connectivity index (χ2n) is 7.20. The number of nitrogens with zero attached hydrogens (tertiary/aromatic N) is 4. The number of benzene rings is 1. The van der Waals surface area contributed by atoms with Crippen LogP contribution >= 0.6 is 0 Å². The first-order valence-electron chi connectivity index (χ1n) is 8.58. The molecule has 0 radical (unpaired) electrons. The van der Waals surface area contributed by atoms with Crippen molar-refractivity contribution in [2.75, 3.05) is 0 Å². The van der Waals surface area contributed by atoms with E-state index in [-0.39, 0.29) is 23.8 Å². The largest absolute Gasteiger partial charge is 0.349 e. The highest BCUT2D eigenvalue weighted by Crippen LogP contribution is 2.41. The fraction of sp³-hybridized carbons (Fsp3) is 0.368. The SMILES string of the molecule is CC1(C)CCC(NC(=O)Cc2nc3ncccn3n2)c2ccccc21. The number of rotatable bonds is 3. The van der Waals surface area contributed by atoms with E-state index in [0.717, 1.165) is 12.8 Å². The van der Waals surface area contributed by atoms with Crippen LogP contribution in [0.15, 0.2) is 42.7 Å². The number of amides is 1. The molecule has 0 fully saturated rings. The molecule has 0 saturated carbocycles. The molecule has 1 atom stereocenters. The third-order valence-electron chi connectivity index (χ3n) is 4.94. The molecule has 2 aromatic heterocycles. The standard InChI is InChI=1S/C19H21N5O/c1-19(2)9-8-15(13-6-3-4-7-14(13)19)21-17(25)12-16-22-18-20-10-5-11-24(18)23-16/h3-7,10-11,15H,8-9,12H2,1-2H3,(H,21,25). The Bertz CT molecular complexity index is 897. The number of carbonyl (C=O) groups is 1. The summed E-state index contributed by atoms with van der Waals surface area (Å²) in [5.41, 5.74) is 2.69. The summed E-state index contributed by atoms with van der Waals surface area (Å²) in [5.74, 6) is 0.936. The van der Waals surface area contributed by atoms with Crippen molar-refractivity contribution in [3.63, 3.8) is 0 Å². The number of nitrogens with one attached hydrogen (secondary N) is 1. The smallest absolute Gasteiger partial charge is 0.252 e. The molecule has 1 aromatic carbocycles. The molecule has 6 nitrogen and oxygen atoms in total. The highest BCUT2D eigenvalue weighted by Gasteiger charge is 2.32. The van der Waals surface area contributed by atoms with Crippen LogP contribution in [0.5, 0.6) is 0 Å². The van der Waals surface area contributed by atoms with Crippen molar-refractivity contribution in [1.82, 2.24) is 24.9 Å². The number of carbonyl (C=O) groups excluding carboxylic acids is 1. The summed E-state index contributed by atoms with van der Waals surface area (Å²) >= 11 is 0. The fourth-order valence-electron chi connectivity index (χ4n) is 3.60. The van der Waals surface area contributed by atoms with Gasteiger partial charge in [-0.2, -0.15) is 4.98 Å². The fourth-order valence-corrected chi connectivity index (χ4v) is 3.60. The third-order valence-corrected chi connectivity index (χ3v) is 4.94. The molecule has 1 amide bonds. The van der Waals surface area contributed by atoms with Crippen LogP contribution in [0.3, 0.4) is 0 Å².